The van der Waals surface area contributed by atoms with Gasteiger partial charge >= 0.3 is 0 Å². The van der Waals surface area contributed by atoms with Crippen molar-refractivity contribution in [3.8, 4) is 5.88 Å². The summed E-state index contributed by atoms with van der Waals surface area (Å²) in [7, 11) is 1.61. The normalized spacial score (nSPS) is 9.93. The molecular formula is C10H11N3OS. The molecule has 0 atom stereocenters. The Hall–Kier alpha value is -1.62. The second-order valence-corrected chi connectivity index (χ2v) is 3.85. The predicted molar refractivity (Wildman–Crippen MR) is 60.2 cm³/mol. The van der Waals surface area contributed by atoms with Crippen LogP contribution in [0.3, 0.4) is 0 Å². The lowest BCUT2D eigenvalue weighted by atomic mass is 10.4. The molecule has 0 saturated heterocycles. The van der Waals surface area contributed by atoms with Gasteiger partial charge in [-0.3, -0.25) is 4.98 Å². The molecule has 0 aliphatic heterocycles. The average Bonchev–Trinajstić information content (AvgIpc) is 2.79. The van der Waals surface area contributed by atoms with E-state index in [0.717, 1.165) is 12.2 Å². The minimum atomic E-state index is 0.613. The molecule has 2 rings (SSSR count). The van der Waals surface area contributed by atoms with Gasteiger partial charge in [-0.05, 0) is 12.1 Å². The van der Waals surface area contributed by atoms with Gasteiger partial charge in [0.15, 0.2) is 0 Å². The minimum absolute atomic E-state index is 0.613. The van der Waals surface area contributed by atoms with Crippen molar-refractivity contribution in [2.24, 2.45) is 0 Å². The van der Waals surface area contributed by atoms with E-state index in [1.807, 2.05) is 23.8 Å². The Bertz CT molecular complexity index is 416. The van der Waals surface area contributed by atoms with Crippen LogP contribution in [0.15, 0.2) is 30.0 Å². The molecule has 0 unspecified atom stereocenters. The van der Waals surface area contributed by atoms with Crippen LogP contribution in [0.1, 0.15) is 4.88 Å². The maximum absolute atomic E-state index is 5.13. The lowest BCUT2D eigenvalue weighted by molar-refractivity contribution is 0.399. The van der Waals surface area contributed by atoms with E-state index in [2.05, 4.69) is 15.3 Å². The van der Waals surface area contributed by atoms with E-state index in [-0.39, 0.29) is 0 Å². The summed E-state index contributed by atoms with van der Waals surface area (Å²) >= 11 is 1.62. The summed E-state index contributed by atoms with van der Waals surface area (Å²) < 4.78 is 5.13. The number of pyridine rings is 1. The second-order valence-electron chi connectivity index (χ2n) is 2.88. The molecule has 5 heteroatoms. The third-order valence-electron chi connectivity index (χ3n) is 1.90. The first-order chi connectivity index (χ1) is 7.40. The van der Waals surface area contributed by atoms with E-state index in [9.17, 15) is 0 Å². The molecule has 2 heterocycles. The summed E-state index contributed by atoms with van der Waals surface area (Å²) in [6, 6.07) is 3.81. The number of hydrogen-bond acceptors (Lipinski definition) is 5. The lowest BCUT2D eigenvalue weighted by Gasteiger charge is -2.08. The zero-order chi connectivity index (χ0) is 10.5. The van der Waals surface area contributed by atoms with E-state index in [1.54, 1.807) is 24.6 Å². The van der Waals surface area contributed by atoms with E-state index >= 15 is 0 Å². The number of hydrogen-bond donors (Lipinski definition) is 1. The summed E-state index contributed by atoms with van der Waals surface area (Å²) in [5, 5.41) is 3.25. The van der Waals surface area contributed by atoms with Crippen LogP contribution in [0.25, 0.3) is 0 Å². The van der Waals surface area contributed by atoms with Crippen LogP contribution in [-0.4, -0.2) is 17.1 Å². The molecule has 0 radical (unpaired) electrons. The molecule has 0 spiro atoms. The van der Waals surface area contributed by atoms with Gasteiger partial charge in [-0.1, -0.05) is 0 Å². The highest BCUT2D eigenvalue weighted by Gasteiger charge is 2.02. The van der Waals surface area contributed by atoms with E-state index in [1.165, 1.54) is 4.88 Å². The Morgan fingerprint density at radius 1 is 1.53 bits per heavy atom. The first kappa shape index (κ1) is 9.92. The van der Waals surface area contributed by atoms with Gasteiger partial charge in [0.2, 0.25) is 5.88 Å². The van der Waals surface area contributed by atoms with Crippen LogP contribution < -0.4 is 10.1 Å². The van der Waals surface area contributed by atoms with Crippen LogP contribution in [0, 0.1) is 0 Å². The quantitative estimate of drug-likeness (QED) is 0.859. The van der Waals surface area contributed by atoms with Gasteiger partial charge in [0.1, 0.15) is 0 Å². The third-order valence-corrected chi connectivity index (χ3v) is 2.68. The Labute approximate surface area is 92.0 Å². The van der Waals surface area contributed by atoms with Crippen molar-refractivity contribution >= 4 is 17.0 Å². The van der Waals surface area contributed by atoms with Gasteiger partial charge in [0.25, 0.3) is 0 Å². The van der Waals surface area contributed by atoms with Crippen molar-refractivity contribution in [2.45, 2.75) is 6.54 Å². The van der Waals surface area contributed by atoms with Crippen LogP contribution in [0.2, 0.25) is 0 Å². The fourth-order valence-corrected chi connectivity index (χ4v) is 1.73. The molecule has 78 valence electrons. The molecule has 0 aliphatic rings. The first-order valence-electron chi connectivity index (χ1n) is 4.50. The Morgan fingerprint density at radius 3 is 3.20 bits per heavy atom. The summed E-state index contributed by atoms with van der Waals surface area (Å²) in [4.78, 5) is 9.29. The molecule has 0 amide bonds. The largest absolute Gasteiger partial charge is 0.480 e. The van der Waals surface area contributed by atoms with Crippen molar-refractivity contribution in [1.29, 1.82) is 0 Å². The number of nitrogens with one attached hydrogen (secondary N) is 1. The van der Waals surface area contributed by atoms with E-state index < -0.39 is 0 Å². The van der Waals surface area contributed by atoms with Gasteiger partial charge in [-0.25, -0.2) is 4.98 Å². The van der Waals surface area contributed by atoms with E-state index in [0.29, 0.717) is 5.88 Å². The van der Waals surface area contributed by atoms with Crippen molar-refractivity contribution in [3.05, 3.63) is 34.9 Å². The first-order valence-corrected chi connectivity index (χ1v) is 5.38. The van der Waals surface area contributed by atoms with Crippen molar-refractivity contribution in [1.82, 2.24) is 9.97 Å². The zero-order valence-electron chi connectivity index (χ0n) is 8.30. The highest BCUT2D eigenvalue weighted by Crippen LogP contribution is 2.20. The van der Waals surface area contributed by atoms with Crippen LogP contribution in [0.4, 0.5) is 5.69 Å². The van der Waals surface area contributed by atoms with Gasteiger partial charge in [-0.2, -0.15) is 0 Å². The molecule has 0 bridgehead atoms. The number of thiazole rings is 1. The molecular weight excluding hydrogens is 210 g/mol. The molecule has 1 N–H and O–H groups in total. The molecule has 0 fully saturated rings. The molecule has 0 saturated carbocycles. The van der Waals surface area contributed by atoms with Crippen LogP contribution in [-0.2, 0) is 6.54 Å². The number of nitrogens with zero attached hydrogens (tertiary/aromatic N) is 2. The fourth-order valence-electron chi connectivity index (χ4n) is 1.20. The third kappa shape index (κ3) is 2.44. The van der Waals surface area contributed by atoms with Crippen LogP contribution in [0.5, 0.6) is 5.88 Å². The predicted octanol–water partition coefficient (Wildman–Crippen LogP) is 2.16. The monoisotopic (exact) mass is 221 g/mol. The molecule has 4 nitrogen and oxygen atoms in total. The molecule has 0 aliphatic carbocycles. The summed E-state index contributed by atoms with van der Waals surface area (Å²) in [5.74, 6) is 0.613. The summed E-state index contributed by atoms with van der Waals surface area (Å²) in [6.07, 6.45) is 3.55. The molecule has 15 heavy (non-hydrogen) atoms. The SMILES string of the molecule is COc1ncccc1NCc1cncs1. The average molecular weight is 221 g/mol. The number of rotatable bonds is 4. The maximum atomic E-state index is 5.13. The topological polar surface area (TPSA) is 47.0 Å². The van der Waals surface area contributed by atoms with Gasteiger partial charge < -0.3 is 10.1 Å². The lowest BCUT2D eigenvalue weighted by Crippen LogP contribution is -2.00. The number of ether oxygens (including phenoxy) is 1. The van der Waals surface area contributed by atoms with Gasteiger partial charge in [0.05, 0.1) is 24.9 Å². The summed E-state index contributed by atoms with van der Waals surface area (Å²) in [6.45, 7) is 0.743. The highest BCUT2D eigenvalue weighted by atomic mass is 32.1. The molecule has 0 aromatic carbocycles. The van der Waals surface area contributed by atoms with Gasteiger partial charge in [0, 0.05) is 17.3 Å². The fraction of sp³-hybridized carbons (Fsp3) is 0.200. The Kier molecular flexibility index (Phi) is 3.14. The van der Waals surface area contributed by atoms with Gasteiger partial charge in [-0.15, -0.1) is 11.3 Å². The van der Waals surface area contributed by atoms with Crippen LogP contribution >= 0.6 is 11.3 Å². The molecule has 2 aromatic heterocycles. The smallest absolute Gasteiger partial charge is 0.237 e. The molecule has 2 aromatic rings. The number of methoxy groups -OCH3 is 1. The maximum Gasteiger partial charge on any atom is 0.237 e. The second kappa shape index (κ2) is 4.75. The van der Waals surface area contributed by atoms with E-state index in [4.69, 9.17) is 4.74 Å². The Morgan fingerprint density at radius 2 is 2.47 bits per heavy atom. The zero-order valence-corrected chi connectivity index (χ0v) is 9.12. The Balaban J connectivity index is 2.04. The minimum Gasteiger partial charge on any atom is -0.480 e. The standard InChI is InChI=1S/C10H11N3OS/c1-14-10-9(3-2-4-12-10)13-6-8-5-11-7-15-8/h2-5,7,13H,6H2,1H3. The van der Waals surface area contributed by atoms with Crippen molar-refractivity contribution < 1.29 is 4.74 Å². The van der Waals surface area contributed by atoms with Crippen molar-refractivity contribution in [2.75, 3.05) is 12.4 Å². The summed E-state index contributed by atoms with van der Waals surface area (Å²) in [5.41, 5.74) is 2.71. The van der Waals surface area contributed by atoms with Crippen molar-refractivity contribution in [3.63, 3.8) is 0 Å². The highest BCUT2D eigenvalue weighted by molar-refractivity contribution is 7.09. The number of anilines is 1. The number of aromatic nitrogens is 2.